The molecular formula is C13H19BrN2O3. The molecule has 1 rings (SSSR count). The van der Waals surface area contributed by atoms with Crippen LogP contribution in [0.25, 0.3) is 0 Å². The lowest BCUT2D eigenvalue weighted by Gasteiger charge is -2.31. The van der Waals surface area contributed by atoms with E-state index in [2.05, 4.69) is 21.2 Å². The van der Waals surface area contributed by atoms with E-state index in [1.165, 1.54) is 6.07 Å². The number of hydrogen-bond acceptors (Lipinski definition) is 4. The van der Waals surface area contributed by atoms with E-state index >= 15 is 0 Å². The number of rotatable bonds is 5. The van der Waals surface area contributed by atoms with Gasteiger partial charge in [-0.25, -0.2) is 0 Å². The highest BCUT2D eigenvalue weighted by Crippen LogP contribution is 2.32. The smallest absolute Gasteiger partial charge is 0.293 e. The SMILES string of the molecule is CC(C)(C)C(CCO)Nc1ccc(Br)cc1[N+](=O)[O-]. The Balaban J connectivity index is 3.06. The van der Waals surface area contributed by atoms with Crippen molar-refractivity contribution in [3.05, 3.63) is 32.8 Å². The van der Waals surface area contributed by atoms with E-state index in [1.54, 1.807) is 12.1 Å². The summed E-state index contributed by atoms with van der Waals surface area (Å²) in [5, 5.41) is 23.4. The Morgan fingerprint density at radius 3 is 2.58 bits per heavy atom. The molecule has 0 heterocycles. The molecule has 0 fully saturated rings. The van der Waals surface area contributed by atoms with Crippen molar-refractivity contribution in [2.75, 3.05) is 11.9 Å². The molecule has 106 valence electrons. The molecule has 19 heavy (non-hydrogen) atoms. The highest BCUT2D eigenvalue weighted by molar-refractivity contribution is 9.10. The van der Waals surface area contributed by atoms with Gasteiger partial charge >= 0.3 is 0 Å². The molecule has 0 saturated carbocycles. The van der Waals surface area contributed by atoms with Gasteiger partial charge in [0.15, 0.2) is 0 Å². The van der Waals surface area contributed by atoms with Gasteiger partial charge in [0.2, 0.25) is 0 Å². The van der Waals surface area contributed by atoms with Gasteiger partial charge in [-0.15, -0.1) is 0 Å². The minimum absolute atomic E-state index is 0.0292. The third kappa shape index (κ3) is 4.47. The average Bonchev–Trinajstić information content (AvgIpc) is 2.29. The number of nitrogens with zero attached hydrogens (tertiary/aromatic N) is 1. The first-order valence-corrected chi connectivity index (χ1v) is 6.86. The van der Waals surface area contributed by atoms with Crippen LogP contribution in [0.5, 0.6) is 0 Å². The molecule has 6 heteroatoms. The minimum Gasteiger partial charge on any atom is -0.396 e. The molecule has 5 nitrogen and oxygen atoms in total. The monoisotopic (exact) mass is 330 g/mol. The predicted octanol–water partition coefficient (Wildman–Crippen LogP) is 3.57. The number of nitro benzene ring substituents is 1. The Labute approximate surface area is 121 Å². The van der Waals surface area contributed by atoms with Crippen molar-refractivity contribution in [1.82, 2.24) is 0 Å². The van der Waals surface area contributed by atoms with Gasteiger partial charge in [0.25, 0.3) is 5.69 Å². The summed E-state index contributed by atoms with van der Waals surface area (Å²) < 4.78 is 0.666. The number of halogens is 1. The Kier molecular flexibility index (Phi) is 5.31. The third-order valence-corrected chi connectivity index (χ3v) is 3.44. The van der Waals surface area contributed by atoms with Gasteiger partial charge in [-0.3, -0.25) is 10.1 Å². The van der Waals surface area contributed by atoms with Crippen LogP contribution in [-0.4, -0.2) is 22.7 Å². The van der Waals surface area contributed by atoms with Crippen molar-refractivity contribution < 1.29 is 10.0 Å². The molecule has 1 unspecified atom stereocenters. The van der Waals surface area contributed by atoms with Crippen LogP contribution >= 0.6 is 15.9 Å². The maximum absolute atomic E-state index is 11.1. The van der Waals surface area contributed by atoms with Crippen molar-refractivity contribution >= 4 is 27.3 Å². The first-order chi connectivity index (χ1) is 8.75. The fourth-order valence-corrected chi connectivity index (χ4v) is 2.17. The standard InChI is InChI=1S/C13H19BrN2O3/c1-13(2,3)12(6-7-17)15-10-5-4-9(14)8-11(10)16(18)19/h4-5,8,12,15,17H,6-7H2,1-3H3. The second-order valence-corrected chi connectivity index (χ2v) is 6.41. The van der Waals surface area contributed by atoms with Gasteiger partial charge in [0.1, 0.15) is 5.69 Å². The lowest BCUT2D eigenvalue weighted by Crippen LogP contribution is -2.35. The summed E-state index contributed by atoms with van der Waals surface area (Å²) >= 11 is 3.23. The van der Waals surface area contributed by atoms with Crippen LogP contribution in [0, 0.1) is 15.5 Å². The summed E-state index contributed by atoms with van der Waals surface area (Å²) in [6, 6.07) is 4.87. The molecule has 0 aromatic heterocycles. The molecule has 0 bridgehead atoms. The van der Waals surface area contributed by atoms with E-state index in [4.69, 9.17) is 5.11 Å². The fraction of sp³-hybridized carbons (Fsp3) is 0.538. The van der Waals surface area contributed by atoms with E-state index in [9.17, 15) is 10.1 Å². The molecule has 0 aliphatic carbocycles. The Hall–Kier alpha value is -1.14. The van der Waals surface area contributed by atoms with Crippen molar-refractivity contribution in [2.24, 2.45) is 5.41 Å². The molecule has 0 aliphatic heterocycles. The molecule has 1 atom stereocenters. The second-order valence-electron chi connectivity index (χ2n) is 5.49. The number of hydrogen-bond donors (Lipinski definition) is 2. The molecule has 2 N–H and O–H groups in total. The zero-order valence-corrected chi connectivity index (χ0v) is 12.9. The number of aliphatic hydroxyl groups excluding tert-OH is 1. The number of nitrogens with one attached hydrogen (secondary N) is 1. The number of aliphatic hydroxyl groups is 1. The lowest BCUT2D eigenvalue weighted by molar-refractivity contribution is -0.384. The second kappa shape index (κ2) is 6.34. The van der Waals surface area contributed by atoms with Gasteiger partial charge in [-0.2, -0.15) is 0 Å². The van der Waals surface area contributed by atoms with E-state index in [-0.39, 0.29) is 23.8 Å². The number of benzene rings is 1. The number of nitro groups is 1. The minimum atomic E-state index is -0.411. The van der Waals surface area contributed by atoms with Crippen LogP contribution in [0.3, 0.4) is 0 Å². The van der Waals surface area contributed by atoms with E-state index in [0.29, 0.717) is 16.6 Å². The summed E-state index contributed by atoms with van der Waals surface area (Å²) in [7, 11) is 0. The van der Waals surface area contributed by atoms with Crippen molar-refractivity contribution in [2.45, 2.75) is 33.2 Å². The van der Waals surface area contributed by atoms with Crippen molar-refractivity contribution in [1.29, 1.82) is 0 Å². The summed E-state index contributed by atoms with van der Waals surface area (Å²) in [5.41, 5.74) is 0.395. The molecule has 0 spiro atoms. The molecule has 1 aromatic rings. The van der Waals surface area contributed by atoms with Gasteiger partial charge in [0, 0.05) is 23.2 Å². The lowest BCUT2D eigenvalue weighted by atomic mass is 9.84. The van der Waals surface area contributed by atoms with Crippen LogP contribution in [0.15, 0.2) is 22.7 Å². The summed E-state index contributed by atoms with van der Waals surface area (Å²) in [4.78, 5) is 10.6. The quantitative estimate of drug-likeness (QED) is 0.639. The Bertz CT molecular complexity index is 458. The zero-order chi connectivity index (χ0) is 14.6. The van der Waals surface area contributed by atoms with Crippen LogP contribution in [0.1, 0.15) is 27.2 Å². The van der Waals surface area contributed by atoms with E-state index < -0.39 is 4.92 Å². The molecule has 0 radical (unpaired) electrons. The molecule has 0 aliphatic rings. The van der Waals surface area contributed by atoms with E-state index in [1.807, 2.05) is 20.8 Å². The van der Waals surface area contributed by atoms with Gasteiger partial charge in [0.05, 0.1) is 4.92 Å². The van der Waals surface area contributed by atoms with Gasteiger partial charge in [-0.1, -0.05) is 36.7 Å². The molecule has 0 saturated heterocycles. The topological polar surface area (TPSA) is 75.4 Å². The van der Waals surface area contributed by atoms with Crippen molar-refractivity contribution in [3.63, 3.8) is 0 Å². The third-order valence-electron chi connectivity index (χ3n) is 2.95. The first-order valence-electron chi connectivity index (χ1n) is 6.07. The van der Waals surface area contributed by atoms with Crippen molar-refractivity contribution in [3.8, 4) is 0 Å². The number of anilines is 1. The summed E-state index contributed by atoms with van der Waals surface area (Å²) in [5.74, 6) is 0. The van der Waals surface area contributed by atoms with Gasteiger partial charge < -0.3 is 10.4 Å². The summed E-state index contributed by atoms with van der Waals surface area (Å²) in [6.45, 7) is 6.14. The first kappa shape index (κ1) is 15.9. The predicted molar refractivity (Wildman–Crippen MR) is 79.4 cm³/mol. The van der Waals surface area contributed by atoms with Crippen LogP contribution in [0.2, 0.25) is 0 Å². The largest absolute Gasteiger partial charge is 0.396 e. The average molecular weight is 331 g/mol. The molecule has 1 aromatic carbocycles. The zero-order valence-electron chi connectivity index (χ0n) is 11.3. The van der Waals surface area contributed by atoms with Crippen LogP contribution in [0.4, 0.5) is 11.4 Å². The Morgan fingerprint density at radius 1 is 1.47 bits per heavy atom. The van der Waals surface area contributed by atoms with Crippen LogP contribution < -0.4 is 5.32 Å². The normalized spacial score (nSPS) is 13.1. The van der Waals surface area contributed by atoms with E-state index in [0.717, 1.165) is 0 Å². The highest BCUT2D eigenvalue weighted by Gasteiger charge is 2.26. The molecule has 0 amide bonds. The highest BCUT2D eigenvalue weighted by atomic mass is 79.9. The Morgan fingerprint density at radius 2 is 2.11 bits per heavy atom. The maximum atomic E-state index is 11.1. The maximum Gasteiger partial charge on any atom is 0.293 e. The fourth-order valence-electron chi connectivity index (χ4n) is 1.82. The van der Waals surface area contributed by atoms with Crippen LogP contribution in [-0.2, 0) is 0 Å². The molecular weight excluding hydrogens is 312 g/mol. The van der Waals surface area contributed by atoms with Gasteiger partial charge in [-0.05, 0) is 24.0 Å². The summed E-state index contributed by atoms with van der Waals surface area (Å²) in [6.07, 6.45) is 0.538.